The molecule has 2 heterocycles. The van der Waals surface area contributed by atoms with E-state index in [-0.39, 0.29) is 23.9 Å². The fraction of sp³-hybridized carbons (Fsp3) is 0.529. The number of amides is 1. The van der Waals surface area contributed by atoms with Crippen molar-refractivity contribution in [2.45, 2.75) is 45.3 Å². The molecule has 24 heavy (non-hydrogen) atoms. The van der Waals surface area contributed by atoms with Crippen molar-refractivity contribution in [3.63, 3.8) is 0 Å². The molecule has 128 valence electrons. The van der Waals surface area contributed by atoms with Crippen LogP contribution in [0.25, 0.3) is 0 Å². The fourth-order valence-corrected chi connectivity index (χ4v) is 2.43. The Kier molecular flexibility index (Phi) is 4.62. The third-order valence-electron chi connectivity index (χ3n) is 3.98. The Hall–Kier alpha value is -2.28. The van der Waals surface area contributed by atoms with Gasteiger partial charge in [0.1, 0.15) is 6.54 Å². The second-order valence-electron chi connectivity index (χ2n) is 7.09. The lowest BCUT2D eigenvalue weighted by atomic mass is 9.96. The van der Waals surface area contributed by atoms with E-state index >= 15 is 0 Å². The quantitative estimate of drug-likeness (QED) is 0.829. The molecule has 1 aliphatic heterocycles. The standard InChI is InChI=1S/C17H23N5O2/c1-17(2,3)16-18-20-22(19-16)10-15(23)21(14-11-24-12-14)9-13-7-5-4-6-8-13/h4-8,14H,9-12H2,1-3H3. The molecule has 1 aromatic carbocycles. The molecule has 0 bridgehead atoms. The summed E-state index contributed by atoms with van der Waals surface area (Å²) >= 11 is 0. The average Bonchev–Trinajstić information content (AvgIpc) is 2.94. The highest BCUT2D eigenvalue weighted by molar-refractivity contribution is 5.76. The lowest BCUT2D eigenvalue weighted by molar-refractivity contribution is -0.146. The molecule has 0 aliphatic carbocycles. The molecule has 3 rings (SSSR count). The van der Waals surface area contributed by atoms with Gasteiger partial charge in [-0.05, 0) is 10.8 Å². The minimum atomic E-state index is -0.188. The summed E-state index contributed by atoms with van der Waals surface area (Å²) in [6.45, 7) is 7.87. The second kappa shape index (κ2) is 6.68. The van der Waals surface area contributed by atoms with Crippen LogP contribution in [-0.4, -0.2) is 50.3 Å². The van der Waals surface area contributed by atoms with Crippen LogP contribution in [0.3, 0.4) is 0 Å². The SMILES string of the molecule is CC(C)(C)c1nnn(CC(=O)N(Cc2ccccc2)C2COC2)n1. The predicted molar refractivity (Wildman–Crippen MR) is 88.1 cm³/mol. The van der Waals surface area contributed by atoms with Crippen molar-refractivity contribution in [1.29, 1.82) is 0 Å². The number of rotatable bonds is 5. The van der Waals surface area contributed by atoms with Gasteiger partial charge in [0.25, 0.3) is 0 Å². The third-order valence-corrected chi connectivity index (χ3v) is 3.98. The topological polar surface area (TPSA) is 73.1 Å². The third kappa shape index (κ3) is 3.79. The molecule has 0 unspecified atom stereocenters. The normalized spacial score (nSPS) is 15.1. The van der Waals surface area contributed by atoms with Gasteiger partial charge in [-0.3, -0.25) is 4.79 Å². The van der Waals surface area contributed by atoms with Crippen LogP contribution in [0.15, 0.2) is 30.3 Å². The van der Waals surface area contributed by atoms with E-state index in [1.165, 1.54) is 4.80 Å². The molecule has 1 aromatic heterocycles. The van der Waals surface area contributed by atoms with Gasteiger partial charge in [-0.15, -0.1) is 10.2 Å². The molecular weight excluding hydrogens is 306 g/mol. The van der Waals surface area contributed by atoms with Gasteiger partial charge in [-0.1, -0.05) is 51.1 Å². The van der Waals surface area contributed by atoms with Crippen molar-refractivity contribution >= 4 is 5.91 Å². The Labute approximate surface area is 141 Å². The zero-order valence-electron chi connectivity index (χ0n) is 14.3. The van der Waals surface area contributed by atoms with Crippen LogP contribution in [0, 0.1) is 0 Å². The van der Waals surface area contributed by atoms with Crippen LogP contribution in [-0.2, 0) is 28.0 Å². The van der Waals surface area contributed by atoms with Crippen molar-refractivity contribution < 1.29 is 9.53 Å². The first kappa shape index (κ1) is 16.6. The molecule has 0 N–H and O–H groups in total. The Bertz CT molecular complexity index is 689. The van der Waals surface area contributed by atoms with Crippen LogP contribution in [0.2, 0.25) is 0 Å². The van der Waals surface area contributed by atoms with Gasteiger partial charge >= 0.3 is 0 Å². The first-order valence-electron chi connectivity index (χ1n) is 8.13. The molecule has 7 heteroatoms. The van der Waals surface area contributed by atoms with E-state index < -0.39 is 0 Å². The maximum absolute atomic E-state index is 12.8. The Balaban J connectivity index is 1.70. The fourth-order valence-electron chi connectivity index (χ4n) is 2.43. The minimum Gasteiger partial charge on any atom is -0.377 e. The number of hydrogen-bond donors (Lipinski definition) is 0. The molecule has 0 saturated carbocycles. The number of aromatic nitrogens is 4. The summed E-state index contributed by atoms with van der Waals surface area (Å²) in [4.78, 5) is 16.0. The van der Waals surface area contributed by atoms with Crippen LogP contribution in [0.5, 0.6) is 0 Å². The first-order valence-corrected chi connectivity index (χ1v) is 8.13. The second-order valence-corrected chi connectivity index (χ2v) is 7.09. The van der Waals surface area contributed by atoms with Crippen molar-refractivity contribution in [2.75, 3.05) is 13.2 Å². The number of tetrazole rings is 1. The molecule has 2 aromatic rings. The largest absolute Gasteiger partial charge is 0.377 e. The Morgan fingerprint density at radius 1 is 1.29 bits per heavy atom. The minimum absolute atomic E-state index is 0.0231. The summed E-state index contributed by atoms with van der Waals surface area (Å²) in [6.07, 6.45) is 0. The van der Waals surface area contributed by atoms with Gasteiger partial charge in [-0.2, -0.15) is 4.80 Å². The average molecular weight is 329 g/mol. The smallest absolute Gasteiger partial charge is 0.246 e. The van der Waals surface area contributed by atoms with Gasteiger partial charge < -0.3 is 9.64 Å². The molecule has 1 amide bonds. The van der Waals surface area contributed by atoms with Crippen LogP contribution < -0.4 is 0 Å². The number of ether oxygens (including phenoxy) is 1. The summed E-state index contributed by atoms with van der Waals surface area (Å²) in [5.74, 6) is 0.613. The van der Waals surface area contributed by atoms with Gasteiger partial charge in [0.2, 0.25) is 5.91 Å². The molecular formula is C17H23N5O2. The zero-order chi connectivity index (χ0) is 17.2. The highest BCUT2D eigenvalue weighted by Gasteiger charge is 2.30. The van der Waals surface area contributed by atoms with Gasteiger partial charge in [0.15, 0.2) is 5.82 Å². The van der Waals surface area contributed by atoms with Crippen molar-refractivity contribution in [2.24, 2.45) is 0 Å². The predicted octanol–water partition coefficient (Wildman–Crippen LogP) is 1.40. The molecule has 0 atom stereocenters. The maximum atomic E-state index is 12.8. The van der Waals surface area contributed by atoms with Gasteiger partial charge in [0, 0.05) is 12.0 Å². The van der Waals surface area contributed by atoms with E-state index in [9.17, 15) is 4.79 Å². The molecule has 0 spiro atoms. The van der Waals surface area contributed by atoms with E-state index in [2.05, 4.69) is 15.4 Å². The molecule has 1 fully saturated rings. The van der Waals surface area contributed by atoms with Gasteiger partial charge in [0.05, 0.1) is 19.3 Å². The number of hydrogen-bond acceptors (Lipinski definition) is 5. The number of benzene rings is 1. The summed E-state index contributed by atoms with van der Waals surface area (Å²) in [6, 6.07) is 10.1. The molecule has 1 saturated heterocycles. The maximum Gasteiger partial charge on any atom is 0.246 e. The van der Waals surface area contributed by atoms with E-state index in [1.54, 1.807) is 0 Å². The zero-order valence-corrected chi connectivity index (χ0v) is 14.3. The summed E-state index contributed by atoms with van der Waals surface area (Å²) in [5.41, 5.74) is 0.909. The lowest BCUT2D eigenvalue weighted by Gasteiger charge is -2.37. The Morgan fingerprint density at radius 2 is 2.00 bits per heavy atom. The highest BCUT2D eigenvalue weighted by atomic mass is 16.5. The molecule has 0 radical (unpaired) electrons. The Morgan fingerprint density at radius 3 is 2.54 bits per heavy atom. The monoisotopic (exact) mass is 329 g/mol. The summed E-state index contributed by atoms with van der Waals surface area (Å²) < 4.78 is 5.26. The highest BCUT2D eigenvalue weighted by Crippen LogP contribution is 2.17. The summed E-state index contributed by atoms with van der Waals surface area (Å²) in [7, 11) is 0. The van der Waals surface area contributed by atoms with E-state index in [0.29, 0.717) is 25.6 Å². The van der Waals surface area contributed by atoms with E-state index in [0.717, 1.165) is 5.56 Å². The van der Waals surface area contributed by atoms with E-state index in [1.807, 2.05) is 56.0 Å². The first-order chi connectivity index (χ1) is 11.4. The van der Waals surface area contributed by atoms with Gasteiger partial charge in [-0.25, -0.2) is 0 Å². The lowest BCUT2D eigenvalue weighted by Crippen LogP contribution is -2.52. The molecule has 7 nitrogen and oxygen atoms in total. The van der Waals surface area contributed by atoms with Crippen LogP contribution in [0.4, 0.5) is 0 Å². The van der Waals surface area contributed by atoms with Crippen molar-refractivity contribution in [3.05, 3.63) is 41.7 Å². The van der Waals surface area contributed by atoms with Crippen molar-refractivity contribution in [3.8, 4) is 0 Å². The van der Waals surface area contributed by atoms with E-state index in [4.69, 9.17) is 4.74 Å². The van der Waals surface area contributed by atoms with Crippen molar-refractivity contribution in [1.82, 2.24) is 25.1 Å². The number of nitrogens with zero attached hydrogens (tertiary/aromatic N) is 5. The van der Waals surface area contributed by atoms with Crippen LogP contribution in [0.1, 0.15) is 32.2 Å². The number of carbonyl (C=O) groups is 1. The summed E-state index contributed by atoms with van der Waals surface area (Å²) in [5, 5.41) is 12.4. The molecule has 1 aliphatic rings. The van der Waals surface area contributed by atoms with Crippen LogP contribution >= 0.6 is 0 Å². The number of carbonyl (C=O) groups excluding carboxylic acids is 1.